The number of hydrogen-bond donors (Lipinski definition) is 3. The van der Waals surface area contributed by atoms with Gasteiger partial charge in [0.1, 0.15) is 29.4 Å². The Hall–Kier alpha value is -3.52. The summed E-state index contributed by atoms with van der Waals surface area (Å²) in [6.07, 6.45) is 0. The number of pyridine rings is 1. The van der Waals surface area contributed by atoms with Gasteiger partial charge in [0, 0.05) is 23.5 Å². The van der Waals surface area contributed by atoms with Crippen LogP contribution in [-0.2, 0) is 11.8 Å². The molecular formula is C19H15ClN2O6. The number of hydrogen-bond acceptors (Lipinski definition) is 5. The predicted molar refractivity (Wildman–Crippen MR) is 102 cm³/mol. The monoisotopic (exact) mass is 402 g/mol. The molecule has 2 aromatic carbocycles. The van der Waals surface area contributed by atoms with Crippen LogP contribution in [0.2, 0.25) is 5.02 Å². The van der Waals surface area contributed by atoms with Gasteiger partial charge in [-0.05, 0) is 36.4 Å². The van der Waals surface area contributed by atoms with E-state index in [1.807, 2.05) is 0 Å². The molecule has 3 aromatic rings. The van der Waals surface area contributed by atoms with Crippen molar-refractivity contribution >= 4 is 34.4 Å². The van der Waals surface area contributed by atoms with Crippen LogP contribution in [0.4, 0.5) is 0 Å². The van der Waals surface area contributed by atoms with Crippen LogP contribution in [0.1, 0.15) is 10.4 Å². The fourth-order valence-electron chi connectivity index (χ4n) is 2.65. The number of rotatable bonds is 5. The molecule has 0 aliphatic carbocycles. The summed E-state index contributed by atoms with van der Waals surface area (Å²) in [7, 11) is 1.43. The second-order valence-corrected chi connectivity index (χ2v) is 6.34. The standard InChI is InChI=1S/C19H15ClN2O6/c1-22-14-8-12(28-11-4-2-10(20)3-5-11)6-7-13(14)17(25)16(19(22)27)18(26)21-9-15(23)24/h2-8,25H,9H2,1H3,(H,21,26)(H,23,24). The maximum Gasteiger partial charge on any atom is 0.322 e. The van der Waals surface area contributed by atoms with Crippen molar-refractivity contribution in [3.63, 3.8) is 0 Å². The summed E-state index contributed by atoms with van der Waals surface area (Å²) in [4.78, 5) is 35.3. The lowest BCUT2D eigenvalue weighted by Crippen LogP contribution is -2.35. The highest BCUT2D eigenvalue weighted by molar-refractivity contribution is 6.30. The summed E-state index contributed by atoms with van der Waals surface area (Å²) >= 11 is 5.84. The van der Waals surface area contributed by atoms with E-state index in [9.17, 15) is 19.5 Å². The van der Waals surface area contributed by atoms with Crippen molar-refractivity contribution in [1.29, 1.82) is 0 Å². The number of nitrogens with zero attached hydrogens (tertiary/aromatic N) is 1. The number of aromatic nitrogens is 1. The van der Waals surface area contributed by atoms with Gasteiger partial charge in [-0.3, -0.25) is 14.4 Å². The van der Waals surface area contributed by atoms with E-state index in [1.165, 1.54) is 17.7 Å². The van der Waals surface area contributed by atoms with Crippen molar-refractivity contribution in [1.82, 2.24) is 9.88 Å². The topological polar surface area (TPSA) is 118 Å². The van der Waals surface area contributed by atoms with Crippen molar-refractivity contribution in [2.24, 2.45) is 7.05 Å². The molecule has 0 radical (unpaired) electrons. The summed E-state index contributed by atoms with van der Waals surface area (Å²) in [6.45, 7) is -0.673. The molecule has 144 valence electrons. The third kappa shape index (κ3) is 3.77. The number of amides is 1. The Morgan fingerprint density at radius 1 is 1.14 bits per heavy atom. The molecule has 1 amide bonds. The zero-order valence-corrected chi connectivity index (χ0v) is 15.4. The van der Waals surface area contributed by atoms with Crippen LogP contribution < -0.4 is 15.6 Å². The molecule has 28 heavy (non-hydrogen) atoms. The largest absolute Gasteiger partial charge is 0.506 e. The van der Waals surface area contributed by atoms with Crippen LogP contribution in [0.25, 0.3) is 10.9 Å². The molecule has 9 heteroatoms. The number of ether oxygens (including phenoxy) is 1. The van der Waals surface area contributed by atoms with E-state index in [1.54, 1.807) is 36.4 Å². The van der Waals surface area contributed by atoms with Gasteiger partial charge >= 0.3 is 5.97 Å². The maximum atomic E-state index is 12.5. The van der Waals surface area contributed by atoms with Crippen molar-refractivity contribution in [3.8, 4) is 17.2 Å². The second-order valence-electron chi connectivity index (χ2n) is 5.90. The number of aromatic hydroxyl groups is 1. The van der Waals surface area contributed by atoms with Crippen LogP contribution in [0.5, 0.6) is 17.2 Å². The molecule has 3 rings (SSSR count). The minimum Gasteiger partial charge on any atom is -0.506 e. The van der Waals surface area contributed by atoms with E-state index in [0.717, 1.165) is 0 Å². The van der Waals surface area contributed by atoms with Gasteiger partial charge in [-0.15, -0.1) is 0 Å². The van der Waals surface area contributed by atoms with Gasteiger partial charge < -0.3 is 24.8 Å². The molecule has 0 atom stereocenters. The Kier molecular flexibility index (Phi) is 5.23. The normalized spacial score (nSPS) is 10.6. The first-order valence-corrected chi connectivity index (χ1v) is 8.45. The SMILES string of the molecule is Cn1c(=O)c(C(=O)NCC(=O)O)c(O)c2ccc(Oc3ccc(Cl)cc3)cc21. The fourth-order valence-corrected chi connectivity index (χ4v) is 2.78. The van der Waals surface area contributed by atoms with Crippen molar-refractivity contribution < 1.29 is 24.5 Å². The van der Waals surface area contributed by atoms with Crippen LogP contribution in [0, 0.1) is 0 Å². The Morgan fingerprint density at radius 2 is 1.79 bits per heavy atom. The molecule has 0 fully saturated rings. The lowest BCUT2D eigenvalue weighted by atomic mass is 10.1. The van der Waals surface area contributed by atoms with Crippen LogP contribution in [0.15, 0.2) is 47.3 Å². The van der Waals surface area contributed by atoms with Gasteiger partial charge in [0.05, 0.1) is 5.52 Å². The fraction of sp³-hybridized carbons (Fsp3) is 0.105. The highest BCUT2D eigenvalue weighted by Crippen LogP contribution is 2.31. The number of fused-ring (bicyclic) bond motifs is 1. The number of aryl methyl sites for hydroxylation is 1. The van der Waals surface area contributed by atoms with Gasteiger partial charge in [-0.25, -0.2) is 0 Å². The smallest absolute Gasteiger partial charge is 0.322 e. The van der Waals surface area contributed by atoms with E-state index in [0.29, 0.717) is 22.0 Å². The number of benzene rings is 2. The molecule has 0 spiro atoms. The average Bonchev–Trinajstić information content (AvgIpc) is 2.66. The molecule has 8 nitrogen and oxygen atoms in total. The van der Waals surface area contributed by atoms with Gasteiger partial charge in [0.15, 0.2) is 0 Å². The molecule has 0 saturated heterocycles. The summed E-state index contributed by atoms with van der Waals surface area (Å²) in [6, 6.07) is 11.3. The third-order valence-corrected chi connectivity index (χ3v) is 4.27. The van der Waals surface area contributed by atoms with E-state index < -0.39 is 35.3 Å². The zero-order valence-electron chi connectivity index (χ0n) is 14.6. The minimum absolute atomic E-state index is 0.242. The molecule has 0 bridgehead atoms. The molecule has 1 heterocycles. The van der Waals surface area contributed by atoms with Gasteiger partial charge in [-0.2, -0.15) is 0 Å². The predicted octanol–water partition coefficient (Wildman–Crippen LogP) is 2.50. The molecule has 1 aromatic heterocycles. The molecule has 0 unspecified atom stereocenters. The average molecular weight is 403 g/mol. The lowest BCUT2D eigenvalue weighted by molar-refractivity contribution is -0.135. The summed E-state index contributed by atoms with van der Waals surface area (Å²) in [5, 5.41) is 22.0. The Morgan fingerprint density at radius 3 is 2.43 bits per heavy atom. The van der Waals surface area contributed by atoms with Gasteiger partial charge in [0.25, 0.3) is 11.5 Å². The van der Waals surface area contributed by atoms with Crippen LogP contribution in [-0.4, -0.2) is 33.2 Å². The first-order chi connectivity index (χ1) is 13.3. The number of carboxylic acid groups (broad SMARTS) is 1. The number of nitrogens with one attached hydrogen (secondary N) is 1. The van der Waals surface area contributed by atoms with Gasteiger partial charge in [0.2, 0.25) is 0 Å². The first-order valence-electron chi connectivity index (χ1n) is 8.07. The summed E-state index contributed by atoms with van der Waals surface area (Å²) in [5.74, 6) is -1.83. The number of carboxylic acids is 1. The molecule has 0 aliphatic rings. The second kappa shape index (κ2) is 7.61. The lowest BCUT2D eigenvalue weighted by Gasteiger charge is -2.13. The van der Waals surface area contributed by atoms with E-state index in [-0.39, 0.29) is 5.39 Å². The van der Waals surface area contributed by atoms with Crippen molar-refractivity contribution in [2.45, 2.75) is 0 Å². The molecular weight excluding hydrogens is 388 g/mol. The first kappa shape index (κ1) is 19.2. The number of carbonyl (C=O) groups is 2. The molecule has 0 aliphatic heterocycles. The quantitative estimate of drug-likeness (QED) is 0.603. The Balaban J connectivity index is 2.03. The van der Waals surface area contributed by atoms with Crippen LogP contribution in [0.3, 0.4) is 0 Å². The summed E-state index contributed by atoms with van der Waals surface area (Å²) < 4.78 is 6.90. The highest BCUT2D eigenvalue weighted by atomic mass is 35.5. The third-order valence-electron chi connectivity index (χ3n) is 4.02. The number of halogens is 1. The van der Waals surface area contributed by atoms with E-state index in [2.05, 4.69) is 5.32 Å². The van der Waals surface area contributed by atoms with Crippen molar-refractivity contribution in [3.05, 3.63) is 63.4 Å². The molecule has 0 saturated carbocycles. The Labute approximate surface area is 163 Å². The number of carbonyl (C=O) groups excluding carboxylic acids is 1. The maximum absolute atomic E-state index is 12.5. The van der Waals surface area contributed by atoms with E-state index in [4.69, 9.17) is 21.4 Å². The van der Waals surface area contributed by atoms with Crippen LogP contribution >= 0.6 is 11.6 Å². The zero-order chi connectivity index (χ0) is 20.4. The number of aliphatic carboxylic acids is 1. The summed E-state index contributed by atoms with van der Waals surface area (Å²) in [5.41, 5.74) is -0.956. The van der Waals surface area contributed by atoms with Gasteiger partial charge in [-0.1, -0.05) is 11.6 Å². The minimum atomic E-state index is -1.27. The van der Waals surface area contributed by atoms with Crippen molar-refractivity contribution in [2.75, 3.05) is 6.54 Å². The Bertz CT molecular complexity index is 1140. The molecule has 3 N–H and O–H groups in total. The highest BCUT2D eigenvalue weighted by Gasteiger charge is 2.21. The van der Waals surface area contributed by atoms with E-state index >= 15 is 0 Å².